The minimum absolute atomic E-state index is 0.641. The molecule has 0 aliphatic heterocycles. The molecule has 0 amide bonds. The first-order valence-electron chi connectivity index (χ1n) is 10.9. The Morgan fingerprint density at radius 2 is 1.36 bits per heavy atom. The zero-order valence-electron chi connectivity index (χ0n) is 17.6. The second-order valence-corrected chi connectivity index (χ2v) is 9.28. The van der Waals surface area contributed by atoms with Gasteiger partial charge in [0.25, 0.3) is 0 Å². The zero-order chi connectivity index (χ0) is 21.8. The molecule has 2 heterocycles. The molecule has 7 aromatic rings. The van der Waals surface area contributed by atoms with Crippen LogP contribution < -0.4 is 5.32 Å². The van der Waals surface area contributed by atoms with Crippen molar-refractivity contribution in [3.8, 4) is 11.5 Å². The molecule has 0 fully saturated rings. The van der Waals surface area contributed by atoms with Gasteiger partial charge in [0.05, 0.1) is 0 Å². The van der Waals surface area contributed by atoms with E-state index in [-0.39, 0.29) is 0 Å². The maximum atomic E-state index is 5.89. The number of rotatable bonds is 3. The number of nitrogens with zero attached hydrogens (tertiary/aromatic N) is 1. The third kappa shape index (κ3) is 3.15. The lowest BCUT2D eigenvalue weighted by atomic mass is 10.1. The van der Waals surface area contributed by atoms with Gasteiger partial charge in [0.15, 0.2) is 5.58 Å². The van der Waals surface area contributed by atoms with Gasteiger partial charge < -0.3 is 9.73 Å². The minimum Gasteiger partial charge on any atom is -0.436 e. The molecule has 0 aliphatic carbocycles. The van der Waals surface area contributed by atoms with Crippen LogP contribution in [0.3, 0.4) is 0 Å². The average molecular weight is 443 g/mol. The molecule has 2 aromatic heterocycles. The second kappa shape index (κ2) is 7.19. The highest BCUT2D eigenvalue weighted by molar-refractivity contribution is 7.25. The highest BCUT2D eigenvalue weighted by Crippen LogP contribution is 2.38. The van der Waals surface area contributed by atoms with Gasteiger partial charge in [-0.25, -0.2) is 4.98 Å². The molecule has 0 saturated heterocycles. The number of thiophene rings is 1. The van der Waals surface area contributed by atoms with E-state index in [0.717, 1.165) is 28.0 Å². The Kier molecular flexibility index (Phi) is 4.01. The molecule has 7 rings (SSSR count). The van der Waals surface area contributed by atoms with Crippen molar-refractivity contribution in [3.05, 3.63) is 103 Å². The largest absolute Gasteiger partial charge is 0.436 e. The Morgan fingerprint density at radius 1 is 0.636 bits per heavy atom. The lowest BCUT2D eigenvalue weighted by Gasteiger charge is -2.07. The van der Waals surface area contributed by atoms with Crippen LogP contribution in [0, 0.1) is 0 Å². The van der Waals surface area contributed by atoms with Gasteiger partial charge >= 0.3 is 0 Å². The number of nitrogens with one attached hydrogen (secondary N) is 1. The fourth-order valence-electron chi connectivity index (χ4n) is 4.40. The number of aromatic nitrogens is 1. The summed E-state index contributed by atoms with van der Waals surface area (Å²) in [4.78, 5) is 4.59. The SMILES string of the molecule is c1ccc2cc3c(cc2c1)sc1cc(Nc2ccc(-c4nc5ccccc5o4)cc2)ccc13. The van der Waals surface area contributed by atoms with Crippen molar-refractivity contribution >= 4 is 64.8 Å². The summed E-state index contributed by atoms with van der Waals surface area (Å²) in [5, 5.41) is 8.73. The summed E-state index contributed by atoms with van der Waals surface area (Å²) in [5.74, 6) is 0.641. The maximum absolute atomic E-state index is 5.89. The van der Waals surface area contributed by atoms with Crippen LogP contribution in [0.15, 0.2) is 108 Å². The first-order chi connectivity index (χ1) is 16.3. The van der Waals surface area contributed by atoms with Gasteiger partial charge in [-0.2, -0.15) is 0 Å². The molecule has 0 aliphatic rings. The normalized spacial score (nSPS) is 11.6. The van der Waals surface area contributed by atoms with Crippen LogP contribution in [-0.4, -0.2) is 4.98 Å². The molecule has 0 saturated carbocycles. The van der Waals surface area contributed by atoms with E-state index in [2.05, 4.69) is 77.0 Å². The lowest BCUT2D eigenvalue weighted by Crippen LogP contribution is -1.89. The highest BCUT2D eigenvalue weighted by Gasteiger charge is 2.09. The standard InChI is InChI=1S/C29H18N2OS/c1-2-6-20-16-27-24(15-19(20)5-1)23-14-13-22(17-28(23)33-27)30-21-11-9-18(10-12-21)29-31-25-7-3-4-8-26(25)32-29/h1-17,30H. The molecular weight excluding hydrogens is 424 g/mol. The van der Waals surface area contributed by atoms with Gasteiger partial charge in [0, 0.05) is 37.1 Å². The fraction of sp³-hybridized carbons (Fsp3) is 0. The van der Waals surface area contributed by atoms with E-state index in [1.807, 2.05) is 47.7 Å². The average Bonchev–Trinajstić information content (AvgIpc) is 3.44. The van der Waals surface area contributed by atoms with E-state index in [0.29, 0.717) is 5.89 Å². The highest BCUT2D eigenvalue weighted by atomic mass is 32.1. The molecule has 33 heavy (non-hydrogen) atoms. The van der Waals surface area contributed by atoms with E-state index in [9.17, 15) is 0 Å². The quantitative estimate of drug-likeness (QED) is 0.297. The van der Waals surface area contributed by atoms with Crippen LogP contribution in [-0.2, 0) is 0 Å². The molecule has 156 valence electrons. The summed E-state index contributed by atoms with van der Waals surface area (Å²) in [6.45, 7) is 0. The molecular formula is C29H18N2OS. The summed E-state index contributed by atoms with van der Waals surface area (Å²) in [7, 11) is 0. The molecule has 1 N–H and O–H groups in total. The monoisotopic (exact) mass is 442 g/mol. The minimum atomic E-state index is 0.641. The summed E-state index contributed by atoms with van der Waals surface area (Å²) in [5.41, 5.74) is 4.75. The first-order valence-corrected chi connectivity index (χ1v) is 11.7. The van der Waals surface area contributed by atoms with Crippen LogP contribution in [0.2, 0.25) is 0 Å². The topological polar surface area (TPSA) is 38.1 Å². The van der Waals surface area contributed by atoms with Crippen molar-refractivity contribution in [3.63, 3.8) is 0 Å². The van der Waals surface area contributed by atoms with Crippen molar-refractivity contribution in [2.45, 2.75) is 0 Å². The Labute approximate surface area is 193 Å². The smallest absolute Gasteiger partial charge is 0.227 e. The molecule has 5 aromatic carbocycles. The maximum Gasteiger partial charge on any atom is 0.227 e. The number of hydrogen-bond acceptors (Lipinski definition) is 4. The van der Waals surface area contributed by atoms with Gasteiger partial charge in [-0.15, -0.1) is 11.3 Å². The van der Waals surface area contributed by atoms with Gasteiger partial charge in [-0.3, -0.25) is 0 Å². The molecule has 4 heteroatoms. The van der Waals surface area contributed by atoms with Crippen molar-refractivity contribution in [2.24, 2.45) is 0 Å². The lowest BCUT2D eigenvalue weighted by molar-refractivity contribution is 0.620. The van der Waals surface area contributed by atoms with E-state index in [4.69, 9.17) is 4.42 Å². The zero-order valence-corrected chi connectivity index (χ0v) is 18.4. The predicted octanol–water partition coefficient (Wildman–Crippen LogP) is 8.76. The third-order valence-corrected chi connectivity index (χ3v) is 7.17. The van der Waals surface area contributed by atoms with E-state index >= 15 is 0 Å². The van der Waals surface area contributed by atoms with Crippen LogP contribution in [0.1, 0.15) is 0 Å². The number of oxazole rings is 1. The summed E-state index contributed by atoms with van der Waals surface area (Å²) in [6.07, 6.45) is 0. The van der Waals surface area contributed by atoms with Crippen LogP contribution in [0.4, 0.5) is 11.4 Å². The van der Waals surface area contributed by atoms with Gasteiger partial charge in [-0.05, 0) is 71.4 Å². The van der Waals surface area contributed by atoms with Crippen LogP contribution in [0.5, 0.6) is 0 Å². The third-order valence-electron chi connectivity index (χ3n) is 6.05. The Bertz CT molecular complexity index is 1760. The first kappa shape index (κ1) is 18.4. The molecule has 0 spiro atoms. The van der Waals surface area contributed by atoms with Crippen LogP contribution >= 0.6 is 11.3 Å². The molecule has 0 unspecified atom stereocenters. The second-order valence-electron chi connectivity index (χ2n) is 8.20. The van der Waals surface area contributed by atoms with E-state index < -0.39 is 0 Å². The number of anilines is 2. The summed E-state index contributed by atoms with van der Waals surface area (Å²) < 4.78 is 8.50. The molecule has 0 atom stereocenters. The molecule has 0 radical (unpaired) electrons. The predicted molar refractivity (Wildman–Crippen MR) is 140 cm³/mol. The van der Waals surface area contributed by atoms with Crippen molar-refractivity contribution in [1.82, 2.24) is 4.98 Å². The van der Waals surface area contributed by atoms with E-state index in [1.54, 1.807) is 0 Å². The Balaban J connectivity index is 1.20. The van der Waals surface area contributed by atoms with Crippen molar-refractivity contribution < 1.29 is 4.42 Å². The number of benzene rings is 5. The van der Waals surface area contributed by atoms with Gasteiger partial charge in [0.2, 0.25) is 5.89 Å². The summed E-state index contributed by atoms with van der Waals surface area (Å²) in [6, 6.07) is 35.8. The summed E-state index contributed by atoms with van der Waals surface area (Å²) >= 11 is 1.84. The van der Waals surface area contributed by atoms with Crippen molar-refractivity contribution in [2.75, 3.05) is 5.32 Å². The molecule has 3 nitrogen and oxygen atoms in total. The Morgan fingerprint density at radius 3 is 2.21 bits per heavy atom. The fourth-order valence-corrected chi connectivity index (χ4v) is 5.57. The number of para-hydroxylation sites is 2. The molecule has 0 bridgehead atoms. The van der Waals surface area contributed by atoms with Gasteiger partial charge in [0.1, 0.15) is 5.52 Å². The van der Waals surface area contributed by atoms with Gasteiger partial charge in [-0.1, -0.05) is 42.5 Å². The van der Waals surface area contributed by atoms with Crippen LogP contribution in [0.25, 0.3) is 53.5 Å². The van der Waals surface area contributed by atoms with E-state index in [1.165, 1.54) is 30.9 Å². The number of hydrogen-bond donors (Lipinski definition) is 1. The Hall–Kier alpha value is -4.15. The number of fused-ring (bicyclic) bond motifs is 5. The van der Waals surface area contributed by atoms with Crippen molar-refractivity contribution in [1.29, 1.82) is 0 Å².